The van der Waals surface area contributed by atoms with Crippen LogP contribution in [0.25, 0.3) is 111 Å². The van der Waals surface area contributed by atoms with E-state index in [1.165, 1.54) is 14.2 Å². The molecule has 11 rings (SSSR count). The lowest BCUT2D eigenvalue weighted by atomic mass is 9.93. The number of aromatic nitrogens is 4. The Labute approximate surface area is 379 Å². The van der Waals surface area contributed by atoms with E-state index in [-0.39, 0.29) is 11.4 Å². The van der Waals surface area contributed by atoms with Crippen molar-refractivity contribution in [2.24, 2.45) is 0 Å². The summed E-state index contributed by atoms with van der Waals surface area (Å²) in [5, 5.41) is 3.55. The summed E-state index contributed by atoms with van der Waals surface area (Å²) in [6, 6.07) is 64.8. The first-order valence-corrected chi connectivity index (χ1v) is 21.5. The van der Waals surface area contributed by atoms with E-state index in [1.54, 1.807) is 12.1 Å². The number of benzene rings is 7. The van der Waals surface area contributed by atoms with Gasteiger partial charge in [0.2, 0.25) is 0 Å². The molecule has 0 spiro atoms. The van der Waals surface area contributed by atoms with E-state index in [1.807, 2.05) is 97.1 Å². The van der Waals surface area contributed by atoms with Crippen molar-refractivity contribution in [2.75, 3.05) is 14.2 Å². The second-order valence-corrected chi connectivity index (χ2v) is 16.0. The van der Waals surface area contributed by atoms with Crippen LogP contribution >= 0.6 is 0 Å². The van der Waals surface area contributed by atoms with Crippen LogP contribution < -0.4 is 0 Å². The van der Waals surface area contributed by atoms with Crippen molar-refractivity contribution >= 4 is 55.6 Å². The van der Waals surface area contributed by atoms with Gasteiger partial charge in [-0.1, -0.05) is 170 Å². The summed E-state index contributed by atoms with van der Waals surface area (Å²) in [6.07, 6.45) is 0. The molecular weight excluding hydrogens is 817 g/mol. The standard InChI is InChI=1S/C58H38N4O4/c1-65-57(63)51-33-47(37-19-11-5-12-20-37)43-29-27-41-45(35-15-7-3-8-16-35)31-49(59-53(41)55(43)61-51)39-23-25-40(26-24-39)50-32-46(36-17-9-4-10-18-36)42-28-30-44-48(38-21-13-6-14-22-38)34-52(58(64)66-2)62-56(44)54(42)60-50/h3-34H,1-2H3. The quantitative estimate of drug-likeness (QED) is 0.110. The molecule has 4 aromatic heterocycles. The van der Waals surface area contributed by atoms with E-state index < -0.39 is 11.9 Å². The molecule has 0 radical (unpaired) electrons. The maximum atomic E-state index is 13.1. The first-order chi connectivity index (χ1) is 32.4. The maximum Gasteiger partial charge on any atom is 0.356 e. The van der Waals surface area contributed by atoms with Crippen LogP contribution in [-0.4, -0.2) is 46.1 Å². The lowest BCUT2D eigenvalue weighted by Gasteiger charge is -2.16. The van der Waals surface area contributed by atoms with E-state index in [4.69, 9.17) is 29.4 Å². The Morgan fingerprint density at radius 1 is 0.318 bits per heavy atom. The lowest BCUT2D eigenvalue weighted by Crippen LogP contribution is -2.05. The largest absolute Gasteiger partial charge is 0.464 e. The van der Waals surface area contributed by atoms with Crippen LogP contribution in [-0.2, 0) is 9.47 Å². The van der Waals surface area contributed by atoms with Gasteiger partial charge in [0.15, 0.2) is 0 Å². The van der Waals surface area contributed by atoms with Crippen LogP contribution in [0.4, 0.5) is 0 Å². The number of hydrogen-bond donors (Lipinski definition) is 0. The molecule has 0 aliphatic carbocycles. The zero-order valence-electron chi connectivity index (χ0n) is 35.9. The number of carbonyl (C=O) groups is 2. The van der Waals surface area contributed by atoms with Gasteiger partial charge < -0.3 is 9.47 Å². The van der Waals surface area contributed by atoms with Crippen molar-refractivity contribution in [2.45, 2.75) is 0 Å². The Kier molecular flexibility index (Phi) is 10.1. The summed E-state index contributed by atoms with van der Waals surface area (Å²) in [6.45, 7) is 0. The van der Waals surface area contributed by atoms with Crippen molar-refractivity contribution in [1.29, 1.82) is 0 Å². The molecule has 0 N–H and O–H groups in total. The van der Waals surface area contributed by atoms with Gasteiger partial charge >= 0.3 is 11.9 Å². The predicted molar refractivity (Wildman–Crippen MR) is 263 cm³/mol. The number of hydrogen-bond acceptors (Lipinski definition) is 8. The molecule has 66 heavy (non-hydrogen) atoms. The van der Waals surface area contributed by atoms with Crippen LogP contribution in [0.3, 0.4) is 0 Å². The van der Waals surface area contributed by atoms with Crippen LogP contribution in [0.2, 0.25) is 0 Å². The smallest absolute Gasteiger partial charge is 0.356 e. The van der Waals surface area contributed by atoms with E-state index >= 15 is 0 Å². The molecule has 11 aromatic rings. The fraction of sp³-hybridized carbons (Fsp3) is 0.0345. The highest BCUT2D eigenvalue weighted by Crippen LogP contribution is 2.41. The molecule has 314 valence electrons. The van der Waals surface area contributed by atoms with Gasteiger partial charge in [0, 0.05) is 32.7 Å². The Morgan fingerprint density at radius 3 is 0.879 bits per heavy atom. The van der Waals surface area contributed by atoms with Crippen molar-refractivity contribution in [1.82, 2.24) is 19.9 Å². The Balaban J connectivity index is 1.11. The normalized spacial score (nSPS) is 11.3. The van der Waals surface area contributed by atoms with E-state index in [2.05, 4.69) is 84.9 Å². The molecule has 4 heterocycles. The zero-order chi connectivity index (χ0) is 44.7. The van der Waals surface area contributed by atoms with Crippen LogP contribution in [0.15, 0.2) is 194 Å². The van der Waals surface area contributed by atoms with Crippen LogP contribution in [0.1, 0.15) is 21.0 Å². The lowest BCUT2D eigenvalue weighted by molar-refractivity contribution is 0.0586. The van der Waals surface area contributed by atoms with Crippen molar-refractivity contribution in [3.63, 3.8) is 0 Å². The van der Waals surface area contributed by atoms with Crippen LogP contribution in [0.5, 0.6) is 0 Å². The van der Waals surface area contributed by atoms with E-state index in [9.17, 15) is 9.59 Å². The molecule has 0 fully saturated rings. The Hall–Kier alpha value is -8.88. The second-order valence-electron chi connectivity index (χ2n) is 16.0. The summed E-state index contributed by atoms with van der Waals surface area (Å²) in [7, 11) is 2.73. The number of carbonyl (C=O) groups excluding carboxylic acids is 2. The highest BCUT2D eigenvalue weighted by atomic mass is 16.5. The second kappa shape index (κ2) is 16.7. The SMILES string of the molecule is COC(=O)c1cc(-c2ccccc2)c2ccc3c(-c4ccccc4)cc(-c4ccc(-c5cc(-c6ccccc6)c6ccc7c(-c8ccccc8)cc(C(=O)OC)nc7c6n5)cc4)nc3c2n1. The van der Waals surface area contributed by atoms with Crippen molar-refractivity contribution < 1.29 is 19.1 Å². The highest BCUT2D eigenvalue weighted by molar-refractivity contribution is 6.15. The third kappa shape index (κ3) is 7.07. The fourth-order valence-electron chi connectivity index (χ4n) is 8.90. The molecule has 0 amide bonds. The van der Waals surface area contributed by atoms with Crippen molar-refractivity contribution in [3.05, 3.63) is 206 Å². The molecule has 7 aromatic carbocycles. The number of methoxy groups -OCH3 is 2. The van der Waals surface area contributed by atoms with E-state index in [0.29, 0.717) is 22.1 Å². The molecule has 0 aliphatic heterocycles. The average Bonchev–Trinajstić information content (AvgIpc) is 3.40. The molecule has 8 nitrogen and oxygen atoms in total. The summed E-state index contributed by atoms with van der Waals surface area (Å²) in [5.41, 5.74) is 13.8. The number of rotatable bonds is 8. The van der Waals surface area contributed by atoms with Gasteiger partial charge in [0.25, 0.3) is 0 Å². The number of ether oxygens (including phenoxy) is 2. The molecule has 0 bridgehead atoms. The molecule has 8 heteroatoms. The highest BCUT2D eigenvalue weighted by Gasteiger charge is 2.21. The third-order valence-corrected chi connectivity index (χ3v) is 12.1. The van der Waals surface area contributed by atoms with Gasteiger partial charge in [-0.25, -0.2) is 29.5 Å². The molecule has 0 unspecified atom stereocenters. The minimum Gasteiger partial charge on any atom is -0.464 e. The minimum atomic E-state index is -0.525. The van der Waals surface area contributed by atoms with Gasteiger partial charge in [0.05, 0.1) is 47.7 Å². The molecule has 0 saturated heterocycles. The Morgan fingerprint density at radius 2 is 0.591 bits per heavy atom. The number of fused-ring (bicyclic) bond motifs is 6. The van der Waals surface area contributed by atoms with Gasteiger partial charge in [0.1, 0.15) is 11.4 Å². The van der Waals surface area contributed by atoms with Gasteiger partial charge in [-0.05, 0) is 68.8 Å². The zero-order valence-corrected chi connectivity index (χ0v) is 35.9. The summed E-state index contributed by atoms with van der Waals surface area (Å²) in [5.74, 6) is -1.05. The fourth-order valence-corrected chi connectivity index (χ4v) is 8.90. The molecule has 0 saturated carbocycles. The molecule has 0 atom stereocenters. The maximum absolute atomic E-state index is 13.1. The summed E-state index contributed by atoms with van der Waals surface area (Å²) in [4.78, 5) is 46.8. The molecular formula is C58H38N4O4. The average molecular weight is 855 g/mol. The summed E-state index contributed by atoms with van der Waals surface area (Å²) < 4.78 is 10.4. The molecule has 0 aliphatic rings. The summed E-state index contributed by atoms with van der Waals surface area (Å²) >= 11 is 0. The van der Waals surface area contributed by atoms with Gasteiger partial charge in [-0.15, -0.1) is 0 Å². The monoisotopic (exact) mass is 854 g/mol. The number of nitrogens with zero attached hydrogens (tertiary/aromatic N) is 4. The minimum absolute atomic E-state index is 0.202. The van der Waals surface area contributed by atoms with Crippen molar-refractivity contribution in [3.8, 4) is 67.0 Å². The third-order valence-electron chi connectivity index (χ3n) is 12.1. The first kappa shape index (κ1) is 39.9. The predicted octanol–water partition coefficient (Wildman–Crippen LogP) is 13.5. The van der Waals surface area contributed by atoms with E-state index in [0.717, 1.165) is 88.6 Å². The van der Waals surface area contributed by atoms with Gasteiger partial charge in [-0.2, -0.15) is 0 Å². The van der Waals surface area contributed by atoms with Gasteiger partial charge in [-0.3, -0.25) is 0 Å². The topological polar surface area (TPSA) is 104 Å². The Bertz CT molecular complexity index is 3430. The first-order valence-electron chi connectivity index (χ1n) is 21.5. The number of pyridine rings is 4. The number of esters is 2. The van der Waals surface area contributed by atoms with Crippen LogP contribution in [0, 0.1) is 0 Å².